The lowest BCUT2D eigenvalue weighted by Crippen LogP contribution is -2.37. The Balaban J connectivity index is 1.78. The van der Waals surface area contributed by atoms with Crippen molar-refractivity contribution in [2.45, 2.75) is 30.8 Å². The van der Waals surface area contributed by atoms with Crippen LogP contribution in [0.15, 0.2) is 24.3 Å². The number of fused-ring (bicyclic) bond motifs is 6. The van der Waals surface area contributed by atoms with E-state index in [-0.39, 0.29) is 17.9 Å². The number of carboxylic acid groups (broad SMARTS) is 1. The van der Waals surface area contributed by atoms with Gasteiger partial charge in [-0.1, -0.05) is 12.2 Å². The first kappa shape index (κ1) is 10.4. The molecular formula is C14H16N2O2. The van der Waals surface area contributed by atoms with Crippen LogP contribution in [-0.2, 0) is 11.2 Å². The van der Waals surface area contributed by atoms with E-state index in [1.54, 1.807) is 0 Å². The number of aromatic amines is 1. The highest BCUT2D eigenvalue weighted by Crippen LogP contribution is 2.46. The molecule has 4 heteroatoms. The van der Waals surface area contributed by atoms with Crippen molar-refractivity contribution in [2.75, 3.05) is 0 Å². The standard InChI is InChI=1S/C14H16N2O2/c17-14(18)8-2-1-3-9-12(8)13-10-5-4-7(15-10)6-11(13)16-9/h1,3-5,8-9,11-13,15-16H,2,6H2,(H,17,18). The first-order valence-corrected chi connectivity index (χ1v) is 6.57. The van der Waals surface area contributed by atoms with Crippen molar-refractivity contribution in [3.8, 4) is 0 Å². The summed E-state index contributed by atoms with van der Waals surface area (Å²) in [6.07, 6.45) is 5.82. The fraction of sp³-hybridized carbons (Fsp3) is 0.500. The number of aromatic nitrogens is 1. The van der Waals surface area contributed by atoms with Crippen molar-refractivity contribution in [3.05, 3.63) is 35.7 Å². The van der Waals surface area contributed by atoms with Crippen LogP contribution in [0.5, 0.6) is 0 Å². The number of aliphatic carboxylic acids is 1. The van der Waals surface area contributed by atoms with Crippen molar-refractivity contribution in [1.29, 1.82) is 0 Å². The van der Waals surface area contributed by atoms with E-state index in [2.05, 4.69) is 28.5 Å². The van der Waals surface area contributed by atoms with Gasteiger partial charge >= 0.3 is 5.97 Å². The van der Waals surface area contributed by atoms with E-state index in [4.69, 9.17) is 0 Å². The summed E-state index contributed by atoms with van der Waals surface area (Å²) in [5, 5.41) is 13.0. The third kappa shape index (κ3) is 1.27. The molecule has 5 unspecified atom stereocenters. The van der Waals surface area contributed by atoms with Gasteiger partial charge < -0.3 is 15.4 Å². The number of allylic oxidation sites excluding steroid dienone is 1. The second-order valence-electron chi connectivity index (χ2n) is 5.65. The normalized spacial score (nSPS) is 40.3. The maximum atomic E-state index is 11.5. The summed E-state index contributed by atoms with van der Waals surface area (Å²) < 4.78 is 0. The molecule has 0 aromatic carbocycles. The maximum Gasteiger partial charge on any atom is 0.307 e. The second kappa shape index (κ2) is 3.48. The predicted octanol–water partition coefficient (Wildman–Crippen LogP) is 1.27. The molecule has 3 N–H and O–H groups in total. The molecule has 4 rings (SSSR count). The third-order valence-corrected chi connectivity index (χ3v) is 4.75. The Morgan fingerprint density at radius 2 is 2.28 bits per heavy atom. The average molecular weight is 244 g/mol. The molecule has 1 fully saturated rings. The van der Waals surface area contributed by atoms with Gasteiger partial charge in [0.25, 0.3) is 0 Å². The van der Waals surface area contributed by atoms with Crippen molar-refractivity contribution >= 4 is 5.97 Å². The fourth-order valence-electron chi connectivity index (χ4n) is 4.05. The molecule has 0 amide bonds. The van der Waals surface area contributed by atoms with Gasteiger partial charge in [0.2, 0.25) is 0 Å². The average Bonchev–Trinajstić information content (AvgIpc) is 2.90. The van der Waals surface area contributed by atoms with Crippen LogP contribution in [0.1, 0.15) is 23.7 Å². The van der Waals surface area contributed by atoms with Crippen molar-refractivity contribution in [1.82, 2.24) is 10.3 Å². The maximum absolute atomic E-state index is 11.5. The molecule has 2 aliphatic heterocycles. The molecule has 1 saturated heterocycles. The Morgan fingerprint density at radius 3 is 3.11 bits per heavy atom. The van der Waals surface area contributed by atoms with Crippen molar-refractivity contribution < 1.29 is 9.90 Å². The Kier molecular flexibility index (Phi) is 2.01. The monoisotopic (exact) mass is 244 g/mol. The molecular weight excluding hydrogens is 228 g/mol. The van der Waals surface area contributed by atoms with Gasteiger partial charge in [-0.15, -0.1) is 0 Å². The summed E-state index contributed by atoms with van der Waals surface area (Å²) in [6.45, 7) is 0. The van der Waals surface area contributed by atoms with Crippen molar-refractivity contribution in [3.63, 3.8) is 0 Å². The molecule has 0 saturated carbocycles. The summed E-state index contributed by atoms with van der Waals surface area (Å²) in [4.78, 5) is 14.9. The number of carbonyl (C=O) groups is 1. The first-order valence-electron chi connectivity index (χ1n) is 6.57. The minimum absolute atomic E-state index is 0.185. The van der Waals surface area contributed by atoms with Gasteiger partial charge in [0.1, 0.15) is 0 Å². The van der Waals surface area contributed by atoms with Gasteiger partial charge in [0, 0.05) is 41.7 Å². The van der Waals surface area contributed by atoms with Gasteiger partial charge in [0.05, 0.1) is 5.92 Å². The zero-order chi connectivity index (χ0) is 12.3. The Labute approximate surface area is 105 Å². The lowest BCUT2D eigenvalue weighted by molar-refractivity contribution is -0.144. The van der Waals surface area contributed by atoms with Gasteiger partial charge in [-0.3, -0.25) is 4.79 Å². The smallest absolute Gasteiger partial charge is 0.307 e. The van der Waals surface area contributed by atoms with E-state index in [1.807, 2.05) is 6.08 Å². The summed E-state index contributed by atoms with van der Waals surface area (Å²) >= 11 is 0. The topological polar surface area (TPSA) is 65.1 Å². The molecule has 1 aliphatic carbocycles. The van der Waals surface area contributed by atoms with E-state index >= 15 is 0 Å². The summed E-state index contributed by atoms with van der Waals surface area (Å²) in [6, 6.07) is 4.86. The quantitative estimate of drug-likeness (QED) is 0.652. The van der Waals surface area contributed by atoms with Crippen molar-refractivity contribution in [2.24, 2.45) is 11.8 Å². The fourth-order valence-corrected chi connectivity index (χ4v) is 4.05. The van der Waals surface area contributed by atoms with E-state index in [0.717, 1.165) is 6.42 Å². The summed E-state index contributed by atoms with van der Waals surface area (Å²) in [7, 11) is 0. The highest BCUT2D eigenvalue weighted by molar-refractivity contribution is 5.71. The van der Waals surface area contributed by atoms with Crippen LogP contribution in [0.3, 0.4) is 0 Å². The largest absolute Gasteiger partial charge is 0.481 e. The lowest BCUT2D eigenvalue weighted by Gasteiger charge is -2.32. The highest BCUT2D eigenvalue weighted by Gasteiger charge is 2.51. The number of hydrogen-bond acceptors (Lipinski definition) is 2. The molecule has 0 radical (unpaired) electrons. The Hall–Kier alpha value is -1.55. The number of hydrogen-bond donors (Lipinski definition) is 3. The molecule has 0 spiro atoms. The molecule has 3 aliphatic rings. The van der Waals surface area contributed by atoms with Crippen LogP contribution in [0.25, 0.3) is 0 Å². The molecule has 2 bridgehead atoms. The zero-order valence-corrected chi connectivity index (χ0v) is 9.97. The van der Waals surface area contributed by atoms with Gasteiger partial charge in [-0.25, -0.2) is 0 Å². The third-order valence-electron chi connectivity index (χ3n) is 4.75. The van der Waals surface area contributed by atoms with Crippen LogP contribution in [-0.4, -0.2) is 28.1 Å². The SMILES string of the molecule is O=C(O)C1CC=CC2NC3Cc4ccc([nH]4)C3C21. The van der Waals surface area contributed by atoms with Crippen LogP contribution in [0.2, 0.25) is 0 Å². The number of nitrogens with one attached hydrogen (secondary N) is 2. The van der Waals surface area contributed by atoms with E-state index < -0.39 is 5.97 Å². The molecule has 18 heavy (non-hydrogen) atoms. The predicted molar refractivity (Wildman–Crippen MR) is 66.3 cm³/mol. The van der Waals surface area contributed by atoms with Crippen LogP contribution < -0.4 is 5.32 Å². The van der Waals surface area contributed by atoms with Gasteiger partial charge in [-0.2, -0.15) is 0 Å². The Bertz CT molecular complexity index is 534. The molecule has 5 atom stereocenters. The molecule has 3 heterocycles. The number of carboxylic acids is 1. The first-order chi connectivity index (χ1) is 8.74. The highest BCUT2D eigenvalue weighted by atomic mass is 16.4. The summed E-state index contributed by atoms with van der Waals surface area (Å²) in [5.41, 5.74) is 2.47. The van der Waals surface area contributed by atoms with E-state index in [1.165, 1.54) is 11.4 Å². The second-order valence-corrected chi connectivity index (χ2v) is 5.65. The number of rotatable bonds is 1. The minimum Gasteiger partial charge on any atom is -0.481 e. The zero-order valence-electron chi connectivity index (χ0n) is 9.97. The molecule has 1 aromatic rings. The van der Waals surface area contributed by atoms with Crippen LogP contribution in [0.4, 0.5) is 0 Å². The Morgan fingerprint density at radius 1 is 1.39 bits per heavy atom. The van der Waals surface area contributed by atoms with Crippen LogP contribution >= 0.6 is 0 Å². The molecule has 1 aromatic heterocycles. The summed E-state index contributed by atoms with van der Waals surface area (Å²) in [5.74, 6) is -0.408. The van der Waals surface area contributed by atoms with Crippen LogP contribution in [0, 0.1) is 11.8 Å². The lowest BCUT2D eigenvalue weighted by atomic mass is 9.72. The minimum atomic E-state index is -0.658. The van der Waals surface area contributed by atoms with Gasteiger partial charge in [-0.05, 0) is 18.6 Å². The van der Waals surface area contributed by atoms with Gasteiger partial charge in [0.15, 0.2) is 0 Å². The van der Waals surface area contributed by atoms with E-state index in [9.17, 15) is 9.90 Å². The van der Waals surface area contributed by atoms with E-state index in [0.29, 0.717) is 18.4 Å². The molecule has 94 valence electrons. The number of H-pyrrole nitrogens is 1. The molecule has 4 nitrogen and oxygen atoms in total.